The van der Waals surface area contributed by atoms with E-state index in [0.29, 0.717) is 38.8 Å². The summed E-state index contributed by atoms with van der Waals surface area (Å²) in [6, 6.07) is 7.42. The van der Waals surface area contributed by atoms with Crippen LogP contribution in [-0.2, 0) is 9.59 Å². The van der Waals surface area contributed by atoms with Crippen molar-refractivity contribution in [1.29, 1.82) is 0 Å². The normalized spacial score (nSPS) is 21.5. The quantitative estimate of drug-likeness (QED) is 0.838. The zero-order valence-electron chi connectivity index (χ0n) is 14.0. The molecule has 0 saturated carbocycles. The number of piperidine rings is 1. The largest absolute Gasteiger partial charge is 0.360 e. The van der Waals surface area contributed by atoms with Gasteiger partial charge < -0.3 is 15.2 Å². The van der Waals surface area contributed by atoms with Gasteiger partial charge in [0.15, 0.2) is 5.78 Å². The molecule has 2 amide bonds. The molecule has 1 unspecified atom stereocenters. The van der Waals surface area contributed by atoms with Crippen LogP contribution in [0.15, 0.2) is 30.5 Å². The summed E-state index contributed by atoms with van der Waals surface area (Å²) < 4.78 is 0. The molecule has 0 spiro atoms. The number of hydrogen-bond acceptors (Lipinski definition) is 3. The number of fused-ring (bicyclic) bond motifs is 1. The maximum Gasteiger partial charge on any atom is 0.245 e. The minimum atomic E-state index is -0.381. The summed E-state index contributed by atoms with van der Waals surface area (Å²) in [4.78, 5) is 41.5. The smallest absolute Gasteiger partial charge is 0.245 e. The van der Waals surface area contributed by atoms with Crippen LogP contribution in [0.25, 0.3) is 10.9 Å². The predicted octanol–water partition coefficient (Wildman–Crippen LogP) is 1.87. The van der Waals surface area contributed by atoms with E-state index < -0.39 is 0 Å². The number of carbonyl (C=O) groups excluding carboxylic acids is 3. The molecular formula is C19H21N3O3. The van der Waals surface area contributed by atoms with E-state index in [4.69, 9.17) is 0 Å². The molecule has 2 aliphatic rings. The first-order valence-corrected chi connectivity index (χ1v) is 8.82. The standard InChI is InChI=1S/C19H21N3O3/c23-17-6-5-16(21-17)19(25)22-9-7-12(8-10-22)18(24)14-11-20-15-4-2-1-3-13(14)15/h1-4,11-12,16,20H,5-10H2,(H,21,23). The second-order valence-electron chi connectivity index (χ2n) is 6.87. The Bertz CT molecular complexity index is 833. The van der Waals surface area contributed by atoms with E-state index in [1.807, 2.05) is 24.3 Å². The number of aromatic amines is 1. The average Bonchev–Trinajstić information content (AvgIpc) is 3.27. The van der Waals surface area contributed by atoms with Gasteiger partial charge in [0.2, 0.25) is 11.8 Å². The van der Waals surface area contributed by atoms with Crippen molar-refractivity contribution < 1.29 is 14.4 Å². The number of aromatic nitrogens is 1. The third kappa shape index (κ3) is 2.92. The van der Waals surface area contributed by atoms with Crippen LogP contribution in [0.4, 0.5) is 0 Å². The number of carbonyl (C=O) groups is 3. The Morgan fingerprint density at radius 1 is 1.08 bits per heavy atom. The summed E-state index contributed by atoms with van der Waals surface area (Å²) in [5.74, 6) is 0.0340. The fraction of sp³-hybridized carbons (Fsp3) is 0.421. The first kappa shape index (κ1) is 15.9. The molecule has 130 valence electrons. The van der Waals surface area contributed by atoms with Gasteiger partial charge in [-0.25, -0.2) is 0 Å². The number of rotatable bonds is 3. The van der Waals surface area contributed by atoms with Crippen LogP contribution in [0.2, 0.25) is 0 Å². The molecule has 1 aromatic carbocycles. The molecule has 2 fully saturated rings. The van der Waals surface area contributed by atoms with Crippen molar-refractivity contribution in [3.8, 4) is 0 Å². The van der Waals surface area contributed by atoms with E-state index in [9.17, 15) is 14.4 Å². The lowest BCUT2D eigenvalue weighted by Gasteiger charge is -2.32. The van der Waals surface area contributed by atoms with Crippen LogP contribution in [0.5, 0.6) is 0 Å². The molecule has 0 radical (unpaired) electrons. The van der Waals surface area contributed by atoms with Crippen molar-refractivity contribution in [2.24, 2.45) is 5.92 Å². The number of nitrogens with one attached hydrogen (secondary N) is 2. The highest BCUT2D eigenvalue weighted by Gasteiger charge is 2.34. The van der Waals surface area contributed by atoms with Crippen LogP contribution in [0, 0.1) is 5.92 Å². The molecule has 3 heterocycles. The van der Waals surface area contributed by atoms with Crippen LogP contribution in [0.1, 0.15) is 36.0 Å². The summed E-state index contributed by atoms with van der Waals surface area (Å²) in [5.41, 5.74) is 1.71. The summed E-state index contributed by atoms with van der Waals surface area (Å²) in [7, 11) is 0. The number of ketones is 1. The lowest BCUT2D eigenvalue weighted by Crippen LogP contribution is -2.48. The zero-order valence-corrected chi connectivity index (χ0v) is 14.0. The lowest BCUT2D eigenvalue weighted by atomic mass is 9.88. The molecule has 2 aromatic rings. The number of hydrogen-bond donors (Lipinski definition) is 2. The Labute approximate surface area is 145 Å². The van der Waals surface area contributed by atoms with Crippen molar-refractivity contribution in [1.82, 2.24) is 15.2 Å². The molecule has 0 bridgehead atoms. The van der Waals surface area contributed by atoms with Gasteiger partial charge in [0, 0.05) is 48.1 Å². The highest BCUT2D eigenvalue weighted by molar-refractivity contribution is 6.09. The Morgan fingerprint density at radius 2 is 1.84 bits per heavy atom. The number of benzene rings is 1. The SMILES string of the molecule is O=C1CCC(C(=O)N2CCC(C(=O)c3c[nH]c4ccccc34)CC2)N1. The molecule has 1 aromatic heterocycles. The molecule has 6 nitrogen and oxygen atoms in total. The third-order valence-corrected chi connectivity index (χ3v) is 5.33. The number of nitrogens with zero attached hydrogens (tertiary/aromatic N) is 1. The van der Waals surface area contributed by atoms with Crippen molar-refractivity contribution in [3.05, 3.63) is 36.0 Å². The van der Waals surface area contributed by atoms with Gasteiger partial charge in [-0.2, -0.15) is 0 Å². The van der Waals surface area contributed by atoms with Gasteiger partial charge in [-0.1, -0.05) is 18.2 Å². The molecule has 6 heteroatoms. The van der Waals surface area contributed by atoms with Crippen molar-refractivity contribution in [2.45, 2.75) is 31.7 Å². The number of likely N-dealkylation sites (tertiary alicyclic amines) is 1. The number of amides is 2. The second-order valence-corrected chi connectivity index (χ2v) is 6.87. The summed E-state index contributed by atoms with van der Waals surface area (Å²) in [6.45, 7) is 1.15. The van der Waals surface area contributed by atoms with Gasteiger partial charge in [0.05, 0.1) is 0 Å². The van der Waals surface area contributed by atoms with E-state index in [0.717, 1.165) is 16.5 Å². The first-order valence-electron chi connectivity index (χ1n) is 8.82. The molecule has 0 aliphatic carbocycles. The van der Waals surface area contributed by atoms with E-state index >= 15 is 0 Å². The van der Waals surface area contributed by atoms with Crippen LogP contribution >= 0.6 is 0 Å². The van der Waals surface area contributed by atoms with Crippen molar-refractivity contribution in [3.63, 3.8) is 0 Å². The predicted molar refractivity (Wildman–Crippen MR) is 93.1 cm³/mol. The third-order valence-electron chi connectivity index (χ3n) is 5.33. The summed E-state index contributed by atoms with van der Waals surface area (Å²) >= 11 is 0. The van der Waals surface area contributed by atoms with E-state index in [-0.39, 0.29) is 29.6 Å². The minimum Gasteiger partial charge on any atom is -0.360 e. The van der Waals surface area contributed by atoms with E-state index in [1.165, 1.54) is 0 Å². The van der Waals surface area contributed by atoms with E-state index in [1.54, 1.807) is 11.1 Å². The topological polar surface area (TPSA) is 82.3 Å². The Kier molecular flexibility index (Phi) is 4.03. The highest BCUT2D eigenvalue weighted by atomic mass is 16.2. The van der Waals surface area contributed by atoms with Gasteiger partial charge in [0.1, 0.15) is 6.04 Å². The maximum absolute atomic E-state index is 12.9. The van der Waals surface area contributed by atoms with Gasteiger partial charge >= 0.3 is 0 Å². The minimum absolute atomic E-state index is 0.0103. The number of Topliss-reactive ketones (excluding diaryl/α,β-unsaturated/α-hetero) is 1. The second kappa shape index (κ2) is 6.35. The molecular weight excluding hydrogens is 318 g/mol. The molecule has 2 aliphatic heterocycles. The Morgan fingerprint density at radius 3 is 2.56 bits per heavy atom. The molecule has 2 N–H and O–H groups in total. The van der Waals surface area contributed by atoms with Crippen LogP contribution in [0.3, 0.4) is 0 Å². The first-order chi connectivity index (χ1) is 12.1. The van der Waals surface area contributed by atoms with Gasteiger partial charge in [-0.3, -0.25) is 14.4 Å². The monoisotopic (exact) mass is 339 g/mol. The Hall–Kier alpha value is -2.63. The van der Waals surface area contributed by atoms with Gasteiger partial charge in [0.25, 0.3) is 0 Å². The molecule has 2 saturated heterocycles. The molecule has 1 atom stereocenters. The number of H-pyrrole nitrogens is 1. The average molecular weight is 339 g/mol. The molecule has 25 heavy (non-hydrogen) atoms. The Balaban J connectivity index is 1.41. The highest BCUT2D eigenvalue weighted by Crippen LogP contribution is 2.27. The van der Waals surface area contributed by atoms with Gasteiger partial charge in [-0.15, -0.1) is 0 Å². The van der Waals surface area contributed by atoms with Crippen molar-refractivity contribution >= 4 is 28.5 Å². The number of para-hydroxylation sites is 1. The zero-order chi connectivity index (χ0) is 17.4. The lowest BCUT2D eigenvalue weighted by molar-refractivity contribution is -0.135. The summed E-state index contributed by atoms with van der Waals surface area (Å²) in [5, 5.41) is 3.68. The van der Waals surface area contributed by atoms with Gasteiger partial charge in [-0.05, 0) is 25.3 Å². The molecule has 4 rings (SSSR count). The van der Waals surface area contributed by atoms with Crippen LogP contribution in [-0.4, -0.2) is 46.6 Å². The summed E-state index contributed by atoms with van der Waals surface area (Å²) in [6.07, 6.45) is 4.13. The fourth-order valence-electron chi connectivity index (χ4n) is 3.88. The van der Waals surface area contributed by atoms with Crippen LogP contribution < -0.4 is 5.32 Å². The van der Waals surface area contributed by atoms with Crippen molar-refractivity contribution in [2.75, 3.05) is 13.1 Å². The van der Waals surface area contributed by atoms with E-state index in [2.05, 4.69) is 10.3 Å². The fourth-order valence-corrected chi connectivity index (χ4v) is 3.88. The maximum atomic E-state index is 12.9.